The fourth-order valence-electron chi connectivity index (χ4n) is 10.3. The quantitative estimate of drug-likeness (QED) is 0.179. The van der Waals surface area contributed by atoms with E-state index in [1.807, 2.05) is 0 Å². The molecule has 0 N–H and O–H groups in total. The molecule has 0 radical (unpaired) electrons. The third kappa shape index (κ3) is 4.53. The second kappa shape index (κ2) is 12.3. The highest BCUT2D eigenvalue weighted by Gasteiger charge is 2.30. The van der Waals surface area contributed by atoms with Crippen molar-refractivity contribution in [2.75, 3.05) is 0 Å². The van der Waals surface area contributed by atoms with Crippen LogP contribution in [0.25, 0.3) is 131 Å². The third-order valence-electron chi connectivity index (χ3n) is 12.9. The molecule has 1 aliphatic heterocycles. The summed E-state index contributed by atoms with van der Waals surface area (Å²) in [5, 5.41) is 8.43. The lowest BCUT2D eigenvalue weighted by molar-refractivity contribution is 1.09. The second-order valence-corrected chi connectivity index (χ2v) is 17.1. The van der Waals surface area contributed by atoms with Gasteiger partial charge in [0.1, 0.15) is 16.0 Å². The van der Waals surface area contributed by atoms with Crippen LogP contribution in [0.5, 0.6) is 0 Å². The first-order valence-corrected chi connectivity index (χ1v) is 21.6. The normalized spacial score (nSPS) is 12.3. The second-order valence-electron chi connectivity index (χ2n) is 16.1. The first kappa shape index (κ1) is 33.0. The number of thiophene rings is 1. The Morgan fingerprint density at radius 3 is 1.89 bits per heavy atom. The maximum atomic E-state index is 5.72. The average molecular weight is 793 g/mol. The SMILES string of the molecule is c1ccc2c(c1)-c1ccccc1-n1c3ccccc3c3cc4c(c-2c31)c1ccccc1n4-c1nc2c(nc1-c1ccc(-c3cccc4ccccc34)cc1)sc1ccccc12. The first-order valence-electron chi connectivity index (χ1n) is 20.8. The van der Waals surface area contributed by atoms with E-state index in [0.29, 0.717) is 0 Å². The Kier molecular flexibility index (Phi) is 6.68. The Morgan fingerprint density at radius 1 is 0.410 bits per heavy atom. The molecular weight excluding hydrogens is 761 g/mol. The van der Waals surface area contributed by atoms with E-state index < -0.39 is 0 Å². The van der Waals surface area contributed by atoms with Crippen molar-refractivity contribution in [1.29, 1.82) is 0 Å². The van der Waals surface area contributed by atoms with E-state index >= 15 is 0 Å². The van der Waals surface area contributed by atoms with Gasteiger partial charge < -0.3 is 4.57 Å². The van der Waals surface area contributed by atoms with Crippen molar-refractivity contribution >= 4 is 86.2 Å². The van der Waals surface area contributed by atoms with Crippen LogP contribution in [0.2, 0.25) is 0 Å². The number of benzene rings is 9. The highest BCUT2D eigenvalue weighted by atomic mass is 32.1. The minimum absolute atomic E-state index is 0.820. The fraction of sp³-hybridized carbons (Fsp3) is 0. The Labute approximate surface area is 353 Å². The van der Waals surface area contributed by atoms with Crippen molar-refractivity contribution in [2.24, 2.45) is 0 Å². The van der Waals surface area contributed by atoms with Crippen molar-refractivity contribution < 1.29 is 0 Å². The maximum Gasteiger partial charge on any atom is 0.165 e. The Morgan fingerprint density at radius 2 is 1.03 bits per heavy atom. The predicted octanol–water partition coefficient (Wildman–Crippen LogP) is 15.2. The third-order valence-corrected chi connectivity index (χ3v) is 13.9. The van der Waals surface area contributed by atoms with Gasteiger partial charge in [-0.05, 0) is 63.4 Å². The number of rotatable bonds is 3. The number of aromatic nitrogens is 4. The van der Waals surface area contributed by atoms with Crippen LogP contribution in [0.3, 0.4) is 0 Å². The summed E-state index contributed by atoms with van der Waals surface area (Å²) in [5.41, 5.74) is 15.9. The van der Waals surface area contributed by atoms with Crippen LogP contribution in [0.15, 0.2) is 194 Å². The van der Waals surface area contributed by atoms with Gasteiger partial charge in [-0.15, -0.1) is 11.3 Å². The van der Waals surface area contributed by atoms with Crippen molar-refractivity contribution in [1.82, 2.24) is 19.1 Å². The summed E-state index contributed by atoms with van der Waals surface area (Å²) < 4.78 is 6.09. The van der Waals surface area contributed by atoms with Gasteiger partial charge in [-0.25, -0.2) is 9.97 Å². The lowest BCUT2D eigenvalue weighted by atomic mass is 9.91. The summed E-state index contributed by atoms with van der Waals surface area (Å²) in [5.74, 6) is 0.820. The van der Waals surface area contributed by atoms with Gasteiger partial charge >= 0.3 is 0 Å². The van der Waals surface area contributed by atoms with Gasteiger partial charge in [0, 0.05) is 48.3 Å². The highest BCUT2D eigenvalue weighted by Crippen LogP contribution is 2.52. The zero-order valence-electron chi connectivity index (χ0n) is 32.7. The number of hydrogen-bond donors (Lipinski definition) is 0. The molecule has 4 nitrogen and oxygen atoms in total. The van der Waals surface area contributed by atoms with Crippen LogP contribution in [-0.2, 0) is 0 Å². The molecule has 5 heteroatoms. The van der Waals surface area contributed by atoms with E-state index in [2.05, 4.69) is 203 Å². The minimum Gasteiger partial charge on any atom is -0.308 e. The van der Waals surface area contributed by atoms with Crippen LogP contribution < -0.4 is 0 Å². The van der Waals surface area contributed by atoms with Crippen LogP contribution in [-0.4, -0.2) is 19.1 Å². The molecule has 0 bridgehead atoms. The Balaban J connectivity index is 1.13. The van der Waals surface area contributed by atoms with E-state index in [9.17, 15) is 0 Å². The van der Waals surface area contributed by atoms with Gasteiger partial charge in [0.15, 0.2) is 5.82 Å². The minimum atomic E-state index is 0.820. The largest absolute Gasteiger partial charge is 0.308 e. The summed E-state index contributed by atoms with van der Waals surface area (Å²) in [6.45, 7) is 0. The topological polar surface area (TPSA) is 35.6 Å². The van der Waals surface area contributed by atoms with Crippen LogP contribution in [0.1, 0.15) is 0 Å². The molecule has 0 amide bonds. The Bertz CT molecular complexity index is 3990. The zero-order valence-corrected chi connectivity index (χ0v) is 33.5. The molecule has 0 spiro atoms. The summed E-state index contributed by atoms with van der Waals surface area (Å²) >= 11 is 1.71. The van der Waals surface area contributed by atoms with Gasteiger partial charge in [-0.3, -0.25) is 4.57 Å². The van der Waals surface area contributed by atoms with Crippen molar-refractivity contribution in [2.45, 2.75) is 0 Å². The van der Waals surface area contributed by atoms with Gasteiger partial charge in [-0.2, -0.15) is 0 Å². The molecule has 13 aromatic rings. The molecule has 0 aliphatic carbocycles. The lowest BCUT2D eigenvalue weighted by Gasteiger charge is -2.15. The lowest BCUT2D eigenvalue weighted by Crippen LogP contribution is -2.03. The molecule has 1 aliphatic rings. The molecule has 0 saturated heterocycles. The molecule has 61 heavy (non-hydrogen) atoms. The van der Waals surface area contributed by atoms with E-state index in [-0.39, 0.29) is 0 Å². The van der Waals surface area contributed by atoms with Gasteiger partial charge in [0.05, 0.1) is 27.8 Å². The van der Waals surface area contributed by atoms with Crippen LogP contribution >= 0.6 is 11.3 Å². The number of nitrogens with zero attached hydrogens (tertiary/aromatic N) is 4. The molecule has 9 aromatic carbocycles. The summed E-state index contributed by atoms with van der Waals surface area (Å²) in [4.78, 5) is 12.2. The monoisotopic (exact) mass is 792 g/mol. The molecule has 4 aromatic heterocycles. The van der Waals surface area contributed by atoms with Crippen molar-refractivity contribution in [3.8, 4) is 56.1 Å². The average Bonchev–Trinajstić information content (AvgIpc) is 3.94. The molecule has 14 rings (SSSR count). The Hall–Kier alpha value is -7.86. The molecule has 0 atom stereocenters. The molecule has 0 fully saturated rings. The number of fused-ring (bicyclic) bond motifs is 16. The summed E-state index contributed by atoms with van der Waals surface area (Å²) in [7, 11) is 0. The standard InChI is InChI=1S/C56H32N4S/c1-2-16-36-33(14-1)15-13-23-37(36)34-28-30-35(31-29-34)52-55(57-53-43-22-8-12-27-49(43)61-56(53)58-52)60-47-26-11-7-21-42(47)50-48(60)32-44-40-19-6-10-25-46(40)59-45-24-9-5-18-39(45)38-17-3-4-20-41(38)51(50)54(44)59/h1-32H. The number of hydrogen-bond acceptors (Lipinski definition) is 3. The molecular formula is C56H32N4S. The molecule has 0 unspecified atom stereocenters. The van der Waals surface area contributed by atoms with Crippen molar-refractivity contribution in [3.63, 3.8) is 0 Å². The fourth-order valence-corrected chi connectivity index (χ4v) is 11.3. The highest BCUT2D eigenvalue weighted by molar-refractivity contribution is 7.25. The van der Waals surface area contributed by atoms with Crippen LogP contribution in [0, 0.1) is 0 Å². The van der Waals surface area contributed by atoms with Crippen LogP contribution in [0.4, 0.5) is 0 Å². The predicted molar refractivity (Wildman–Crippen MR) is 256 cm³/mol. The molecule has 282 valence electrons. The summed E-state index contributed by atoms with van der Waals surface area (Å²) in [6, 6.07) is 70.6. The molecule has 0 saturated carbocycles. The van der Waals surface area contributed by atoms with Gasteiger partial charge in [0.25, 0.3) is 0 Å². The smallest absolute Gasteiger partial charge is 0.165 e. The van der Waals surface area contributed by atoms with E-state index in [1.54, 1.807) is 11.3 Å². The maximum absolute atomic E-state index is 5.72. The summed E-state index contributed by atoms with van der Waals surface area (Å²) in [6.07, 6.45) is 0. The zero-order chi connectivity index (χ0) is 39.8. The molecule has 5 heterocycles. The first-order chi connectivity index (χ1) is 30.3. The van der Waals surface area contributed by atoms with Gasteiger partial charge in [-0.1, -0.05) is 164 Å². The number of para-hydroxylation sites is 3. The van der Waals surface area contributed by atoms with E-state index in [0.717, 1.165) is 43.8 Å². The van der Waals surface area contributed by atoms with E-state index in [1.165, 1.54) is 87.1 Å². The van der Waals surface area contributed by atoms with Gasteiger partial charge in [0.2, 0.25) is 0 Å². The van der Waals surface area contributed by atoms with Crippen molar-refractivity contribution in [3.05, 3.63) is 194 Å². The van der Waals surface area contributed by atoms with E-state index in [4.69, 9.17) is 9.97 Å².